The number of aliphatic carboxylic acids is 1. The molecule has 1 aromatic carbocycles. The van der Waals surface area contributed by atoms with Crippen LogP contribution in [-0.2, 0) is 16.0 Å². The minimum absolute atomic E-state index is 0.0378. The van der Waals surface area contributed by atoms with E-state index in [-0.39, 0.29) is 25.3 Å². The van der Waals surface area contributed by atoms with Gasteiger partial charge in [-0.1, -0.05) is 12.1 Å². The summed E-state index contributed by atoms with van der Waals surface area (Å²) in [6, 6.07) is 5.58. The van der Waals surface area contributed by atoms with Crippen molar-refractivity contribution < 1.29 is 19.4 Å². The third kappa shape index (κ3) is 4.62. The van der Waals surface area contributed by atoms with Gasteiger partial charge < -0.3 is 14.7 Å². The fourth-order valence-corrected chi connectivity index (χ4v) is 1.75. The smallest absolute Gasteiger partial charge is 0.305 e. The molecule has 1 rings (SSSR count). The van der Waals surface area contributed by atoms with Crippen molar-refractivity contribution in [1.82, 2.24) is 4.90 Å². The number of hydrogen-bond donors (Lipinski definition) is 1. The monoisotopic (exact) mass is 265 g/mol. The fraction of sp³-hybridized carbons (Fsp3) is 0.429. The Hall–Kier alpha value is -2.04. The average molecular weight is 265 g/mol. The van der Waals surface area contributed by atoms with Gasteiger partial charge in [-0.05, 0) is 24.1 Å². The minimum atomic E-state index is -0.903. The van der Waals surface area contributed by atoms with Crippen LogP contribution in [0.5, 0.6) is 5.75 Å². The molecule has 0 aliphatic carbocycles. The van der Waals surface area contributed by atoms with Gasteiger partial charge >= 0.3 is 5.97 Å². The Kier molecular flexibility index (Phi) is 5.36. The Morgan fingerprint density at radius 1 is 1.37 bits per heavy atom. The van der Waals surface area contributed by atoms with E-state index in [9.17, 15) is 9.59 Å². The van der Waals surface area contributed by atoms with Crippen molar-refractivity contribution in [2.24, 2.45) is 0 Å². The van der Waals surface area contributed by atoms with Crippen LogP contribution in [0.2, 0.25) is 0 Å². The number of nitrogens with zero attached hydrogens (tertiary/aromatic N) is 1. The van der Waals surface area contributed by atoms with E-state index in [0.717, 1.165) is 16.9 Å². The van der Waals surface area contributed by atoms with Crippen molar-refractivity contribution in [3.05, 3.63) is 29.3 Å². The lowest BCUT2D eigenvalue weighted by Gasteiger charge is -2.16. The van der Waals surface area contributed by atoms with E-state index >= 15 is 0 Å². The van der Waals surface area contributed by atoms with Crippen LogP contribution in [0.4, 0.5) is 0 Å². The van der Waals surface area contributed by atoms with Gasteiger partial charge in [-0.15, -0.1) is 0 Å². The number of methoxy groups -OCH3 is 1. The van der Waals surface area contributed by atoms with Gasteiger partial charge in [0.25, 0.3) is 0 Å². The zero-order valence-electron chi connectivity index (χ0n) is 11.5. The van der Waals surface area contributed by atoms with Gasteiger partial charge in [0, 0.05) is 13.6 Å². The second kappa shape index (κ2) is 6.78. The Morgan fingerprint density at radius 3 is 2.58 bits per heavy atom. The van der Waals surface area contributed by atoms with Crippen LogP contribution in [0.1, 0.15) is 17.5 Å². The summed E-state index contributed by atoms with van der Waals surface area (Å²) in [5, 5.41) is 8.58. The molecule has 104 valence electrons. The molecule has 0 radical (unpaired) electrons. The number of ether oxygens (including phenoxy) is 1. The molecule has 0 heterocycles. The van der Waals surface area contributed by atoms with Gasteiger partial charge in [0.1, 0.15) is 5.75 Å². The second-order valence-corrected chi connectivity index (χ2v) is 4.44. The third-order valence-electron chi connectivity index (χ3n) is 2.90. The topological polar surface area (TPSA) is 66.8 Å². The molecule has 0 aliphatic rings. The molecule has 0 aromatic heterocycles. The predicted octanol–water partition coefficient (Wildman–Crippen LogP) is 1.48. The van der Waals surface area contributed by atoms with Gasteiger partial charge in [-0.2, -0.15) is 0 Å². The Morgan fingerprint density at radius 2 is 2.05 bits per heavy atom. The number of carbonyl (C=O) groups is 2. The van der Waals surface area contributed by atoms with E-state index in [4.69, 9.17) is 9.84 Å². The normalized spacial score (nSPS) is 10.1. The first kappa shape index (κ1) is 15.0. The molecular weight excluding hydrogens is 246 g/mol. The first-order valence-electron chi connectivity index (χ1n) is 6.03. The van der Waals surface area contributed by atoms with E-state index in [1.807, 2.05) is 25.1 Å². The van der Waals surface area contributed by atoms with Crippen molar-refractivity contribution in [1.29, 1.82) is 0 Å². The summed E-state index contributed by atoms with van der Waals surface area (Å²) >= 11 is 0. The summed E-state index contributed by atoms with van der Waals surface area (Å²) in [5.74, 6) is -0.207. The van der Waals surface area contributed by atoms with Crippen LogP contribution in [-0.4, -0.2) is 42.6 Å². The summed E-state index contributed by atoms with van der Waals surface area (Å²) < 4.78 is 5.16. The van der Waals surface area contributed by atoms with Crippen molar-refractivity contribution in [2.75, 3.05) is 20.7 Å². The molecule has 0 saturated heterocycles. The van der Waals surface area contributed by atoms with Crippen molar-refractivity contribution >= 4 is 11.9 Å². The van der Waals surface area contributed by atoms with Crippen LogP contribution in [0.3, 0.4) is 0 Å². The number of rotatable bonds is 6. The molecule has 5 heteroatoms. The SMILES string of the molecule is COc1ccc(CC(=O)N(C)CCC(=O)O)cc1C. The summed E-state index contributed by atoms with van der Waals surface area (Å²) in [7, 11) is 3.22. The first-order chi connectivity index (χ1) is 8.93. The molecule has 1 aromatic rings. The standard InChI is InChI=1S/C14H19NO4/c1-10-8-11(4-5-12(10)19-3)9-13(16)15(2)7-6-14(17)18/h4-5,8H,6-7,9H2,1-3H3,(H,17,18). The molecule has 1 amide bonds. The second-order valence-electron chi connectivity index (χ2n) is 4.44. The largest absolute Gasteiger partial charge is 0.496 e. The van der Waals surface area contributed by atoms with E-state index in [2.05, 4.69) is 0 Å². The van der Waals surface area contributed by atoms with Crippen molar-refractivity contribution in [2.45, 2.75) is 19.8 Å². The molecule has 0 unspecified atom stereocenters. The van der Waals surface area contributed by atoms with Gasteiger partial charge in [-0.3, -0.25) is 9.59 Å². The van der Waals surface area contributed by atoms with Gasteiger partial charge in [0.15, 0.2) is 0 Å². The van der Waals surface area contributed by atoms with Crippen LogP contribution in [0.15, 0.2) is 18.2 Å². The Balaban J connectivity index is 2.61. The minimum Gasteiger partial charge on any atom is -0.496 e. The number of carboxylic acid groups (broad SMARTS) is 1. The maximum Gasteiger partial charge on any atom is 0.305 e. The molecule has 5 nitrogen and oxygen atoms in total. The van der Waals surface area contributed by atoms with E-state index in [1.165, 1.54) is 4.90 Å². The molecule has 19 heavy (non-hydrogen) atoms. The first-order valence-corrected chi connectivity index (χ1v) is 6.03. The molecule has 0 bridgehead atoms. The zero-order chi connectivity index (χ0) is 14.4. The summed E-state index contributed by atoms with van der Waals surface area (Å²) in [5.41, 5.74) is 1.87. The Bertz CT molecular complexity index is 471. The van der Waals surface area contributed by atoms with E-state index in [1.54, 1.807) is 14.2 Å². The van der Waals surface area contributed by atoms with Crippen molar-refractivity contribution in [3.8, 4) is 5.75 Å². The molecule has 1 N–H and O–H groups in total. The quantitative estimate of drug-likeness (QED) is 0.846. The maximum atomic E-state index is 11.9. The predicted molar refractivity (Wildman–Crippen MR) is 71.3 cm³/mol. The average Bonchev–Trinajstić information content (AvgIpc) is 2.36. The number of hydrogen-bond acceptors (Lipinski definition) is 3. The summed E-state index contributed by atoms with van der Waals surface area (Å²) in [6.07, 6.45) is 0.227. The number of aryl methyl sites for hydroxylation is 1. The molecular formula is C14H19NO4. The number of likely N-dealkylation sites (N-methyl/N-ethyl adjacent to an activating group) is 1. The highest BCUT2D eigenvalue weighted by Gasteiger charge is 2.11. The molecule has 0 saturated carbocycles. The molecule has 0 aliphatic heterocycles. The number of amides is 1. The third-order valence-corrected chi connectivity index (χ3v) is 2.90. The summed E-state index contributed by atoms with van der Waals surface area (Å²) in [4.78, 5) is 23.8. The highest BCUT2D eigenvalue weighted by atomic mass is 16.5. The lowest BCUT2D eigenvalue weighted by molar-refractivity contribution is -0.138. The van der Waals surface area contributed by atoms with Gasteiger partial charge in [0.2, 0.25) is 5.91 Å². The van der Waals surface area contributed by atoms with Crippen LogP contribution in [0.25, 0.3) is 0 Å². The summed E-state index contributed by atoms with van der Waals surface area (Å²) in [6.45, 7) is 2.14. The molecule has 0 spiro atoms. The highest BCUT2D eigenvalue weighted by Crippen LogP contribution is 2.19. The molecule has 0 fully saturated rings. The Labute approximate surface area is 112 Å². The lowest BCUT2D eigenvalue weighted by Crippen LogP contribution is -2.30. The fourth-order valence-electron chi connectivity index (χ4n) is 1.75. The van der Waals surface area contributed by atoms with Crippen LogP contribution in [0, 0.1) is 6.92 Å². The van der Waals surface area contributed by atoms with Crippen LogP contribution >= 0.6 is 0 Å². The maximum absolute atomic E-state index is 11.9. The lowest BCUT2D eigenvalue weighted by atomic mass is 10.1. The van der Waals surface area contributed by atoms with Gasteiger partial charge in [-0.25, -0.2) is 0 Å². The van der Waals surface area contributed by atoms with E-state index < -0.39 is 5.97 Å². The number of carbonyl (C=O) groups excluding carboxylic acids is 1. The zero-order valence-corrected chi connectivity index (χ0v) is 11.5. The van der Waals surface area contributed by atoms with E-state index in [0.29, 0.717) is 0 Å². The number of benzene rings is 1. The number of carboxylic acids is 1. The van der Waals surface area contributed by atoms with Crippen molar-refractivity contribution in [3.63, 3.8) is 0 Å². The van der Waals surface area contributed by atoms with Gasteiger partial charge in [0.05, 0.1) is 20.0 Å². The van der Waals surface area contributed by atoms with Crippen LogP contribution < -0.4 is 4.74 Å². The highest BCUT2D eigenvalue weighted by molar-refractivity contribution is 5.79. The molecule has 0 atom stereocenters.